The number of imidazole rings is 1. The van der Waals surface area contributed by atoms with E-state index in [1.165, 1.54) is 0 Å². The predicted octanol–water partition coefficient (Wildman–Crippen LogP) is 5.48. The van der Waals surface area contributed by atoms with Gasteiger partial charge in [0.1, 0.15) is 11.4 Å². The number of rotatable bonds is 4. The molecule has 4 aromatic rings. The number of nitrogens with one attached hydrogen (secondary N) is 1. The fourth-order valence-electron chi connectivity index (χ4n) is 6.81. The molecule has 45 heavy (non-hydrogen) atoms. The third-order valence-corrected chi connectivity index (χ3v) is 8.72. The van der Waals surface area contributed by atoms with Gasteiger partial charge in [0, 0.05) is 71.3 Å². The highest BCUT2D eigenvalue weighted by Crippen LogP contribution is 2.48. The van der Waals surface area contributed by atoms with E-state index in [0.717, 1.165) is 46.5 Å². The maximum absolute atomic E-state index is 13.8. The normalized spacial score (nSPS) is 21.6. The third kappa shape index (κ3) is 5.06. The van der Waals surface area contributed by atoms with Gasteiger partial charge in [0.05, 0.1) is 23.1 Å². The molecule has 10 heteroatoms. The maximum Gasteiger partial charge on any atom is 0.407 e. The highest BCUT2D eigenvalue weighted by molar-refractivity contribution is 5.98. The molecule has 0 spiro atoms. The molecule has 1 fully saturated rings. The summed E-state index contributed by atoms with van der Waals surface area (Å²) < 4.78 is 32.4. The first-order valence-corrected chi connectivity index (χ1v) is 15.3. The Labute approximate surface area is 267 Å². The lowest BCUT2D eigenvalue weighted by molar-refractivity contribution is 0.0524. The molecule has 2 aromatic heterocycles. The summed E-state index contributed by atoms with van der Waals surface area (Å²) in [4.78, 5) is 43.5. The van der Waals surface area contributed by atoms with Gasteiger partial charge in [0.2, 0.25) is 5.95 Å². The van der Waals surface area contributed by atoms with Crippen molar-refractivity contribution in [3.8, 4) is 23.0 Å². The number of nitrogens with zero attached hydrogens (tertiary/aromatic N) is 6. The van der Waals surface area contributed by atoms with Crippen LogP contribution in [0.15, 0.2) is 48.8 Å². The molecule has 2 aromatic carbocycles. The Bertz CT molecular complexity index is 1990. The molecule has 3 aliphatic heterocycles. The average molecular weight is 607 g/mol. The van der Waals surface area contributed by atoms with Crippen LogP contribution in [0.3, 0.4) is 0 Å². The van der Waals surface area contributed by atoms with Crippen LogP contribution in [0.1, 0.15) is 90.5 Å². The zero-order valence-electron chi connectivity index (χ0n) is 28.8. The maximum atomic E-state index is 13.8. The minimum absolute atomic E-state index is 0.0593. The highest BCUT2D eigenvalue weighted by Gasteiger charge is 2.44. The lowest BCUT2D eigenvalue weighted by atomic mass is 9.93. The smallest absolute Gasteiger partial charge is 0.407 e. The van der Waals surface area contributed by atoms with Crippen molar-refractivity contribution in [1.82, 2.24) is 29.7 Å². The number of hydrogen-bond acceptors (Lipinski definition) is 7. The van der Waals surface area contributed by atoms with E-state index in [9.17, 15) is 9.59 Å². The van der Waals surface area contributed by atoms with Crippen molar-refractivity contribution < 1.29 is 18.4 Å². The molecule has 10 nitrogen and oxygen atoms in total. The summed E-state index contributed by atoms with van der Waals surface area (Å²) in [6, 6.07) is 10.2. The second kappa shape index (κ2) is 10.9. The van der Waals surface area contributed by atoms with Crippen LogP contribution in [-0.4, -0.2) is 68.1 Å². The number of benzene rings is 2. The zero-order chi connectivity index (χ0) is 34.0. The van der Waals surface area contributed by atoms with Crippen LogP contribution in [0.2, 0.25) is 0 Å². The van der Waals surface area contributed by atoms with Gasteiger partial charge in [-0.2, -0.15) is 0 Å². The fourth-order valence-corrected chi connectivity index (χ4v) is 6.81. The first-order chi connectivity index (χ1) is 22.8. The van der Waals surface area contributed by atoms with Crippen LogP contribution in [0.25, 0.3) is 22.2 Å². The van der Waals surface area contributed by atoms with Crippen molar-refractivity contribution in [2.45, 2.75) is 70.7 Å². The molecule has 0 unspecified atom stereocenters. The molecule has 0 radical (unpaired) electrons. The predicted molar refractivity (Wildman–Crippen MR) is 172 cm³/mol. The second-order valence-corrected chi connectivity index (χ2v) is 12.8. The molecule has 2 amide bonds. The van der Waals surface area contributed by atoms with Gasteiger partial charge in [-0.1, -0.05) is 18.1 Å². The summed E-state index contributed by atoms with van der Waals surface area (Å²) in [6.45, 7) is 5.82. The van der Waals surface area contributed by atoms with Gasteiger partial charge in [0.25, 0.3) is 5.91 Å². The molecule has 2 bridgehead atoms. The van der Waals surface area contributed by atoms with E-state index in [4.69, 9.17) is 23.8 Å². The Morgan fingerprint density at radius 1 is 1.16 bits per heavy atom. The molecule has 5 heterocycles. The molecule has 0 saturated carbocycles. The van der Waals surface area contributed by atoms with E-state index in [1.54, 1.807) is 31.5 Å². The van der Waals surface area contributed by atoms with E-state index in [0.29, 0.717) is 41.4 Å². The first kappa shape index (κ1) is 25.4. The Balaban J connectivity index is 1.22. The first-order valence-electron chi connectivity index (χ1n) is 16.8. The molecular formula is C35H37N7O3. The van der Waals surface area contributed by atoms with Crippen molar-refractivity contribution in [2.24, 2.45) is 0 Å². The monoisotopic (exact) mass is 606 g/mol. The molecule has 0 aliphatic carbocycles. The van der Waals surface area contributed by atoms with Crippen LogP contribution in [0.5, 0.6) is 0 Å². The fraction of sp³-hybridized carbons (Fsp3) is 0.400. The quantitative estimate of drug-likeness (QED) is 0.307. The Hall–Kier alpha value is -4.91. The summed E-state index contributed by atoms with van der Waals surface area (Å²) in [5.41, 5.74) is 4.45. The molecular weight excluding hydrogens is 566 g/mol. The van der Waals surface area contributed by atoms with E-state index >= 15 is 0 Å². The summed E-state index contributed by atoms with van der Waals surface area (Å²) in [5.74, 6) is 6.70. The lowest BCUT2D eigenvalue weighted by Crippen LogP contribution is -2.42. The van der Waals surface area contributed by atoms with Crippen LogP contribution < -0.4 is 10.2 Å². The average Bonchev–Trinajstić information content (AvgIpc) is 3.71. The van der Waals surface area contributed by atoms with Crippen LogP contribution >= 0.6 is 0 Å². The van der Waals surface area contributed by atoms with Gasteiger partial charge in [-0.3, -0.25) is 4.79 Å². The van der Waals surface area contributed by atoms with E-state index in [2.05, 4.69) is 26.6 Å². The topological polar surface area (TPSA) is 105 Å². The Morgan fingerprint density at radius 2 is 1.98 bits per heavy atom. The molecule has 1 saturated heterocycles. The van der Waals surface area contributed by atoms with Gasteiger partial charge in [0.15, 0.2) is 0 Å². The molecule has 1 N–H and O–H groups in total. The standard InChI is InChI=1S/C35H37N7O3/c1-6-9-21-10-7-12-25-30(21)28-17-29(40(5)32(25)43)31-39-26-14-13-22(16-27(26)42(28)31)23-18-36-33(37-19-23)41-15-8-11-24(41)20-38-34(44)45-35(2,3)4/h7,10,12-14,16,18-19,24,28-29H,8,11,15,17,20H2,1-5H3,(H,38,44)/t24-,28-,29-/m1/s1/i5D3. The summed E-state index contributed by atoms with van der Waals surface area (Å²) >= 11 is 0. The highest BCUT2D eigenvalue weighted by atomic mass is 16.6. The molecule has 230 valence electrons. The number of anilines is 1. The summed E-state index contributed by atoms with van der Waals surface area (Å²) in [5, 5.41) is 2.88. The van der Waals surface area contributed by atoms with Crippen LogP contribution in [0.4, 0.5) is 10.7 Å². The Kier molecular flexibility index (Phi) is 6.16. The van der Waals surface area contributed by atoms with Crippen molar-refractivity contribution >= 4 is 29.0 Å². The van der Waals surface area contributed by atoms with E-state index < -0.39 is 30.6 Å². The number of hydrogen-bond donors (Lipinski definition) is 1. The number of fused-ring (bicyclic) bond motifs is 9. The number of amides is 2. The number of ether oxygens (including phenoxy) is 1. The molecule has 7 rings (SSSR count). The summed E-state index contributed by atoms with van der Waals surface area (Å²) in [6.07, 6.45) is 5.41. The Morgan fingerprint density at radius 3 is 2.73 bits per heavy atom. The van der Waals surface area contributed by atoms with Gasteiger partial charge >= 0.3 is 6.09 Å². The lowest BCUT2D eigenvalue weighted by Gasteiger charge is -2.26. The van der Waals surface area contributed by atoms with E-state index in [-0.39, 0.29) is 12.1 Å². The molecule has 3 aliphatic rings. The summed E-state index contributed by atoms with van der Waals surface area (Å²) in [7, 11) is 0. The number of aromatic nitrogens is 4. The minimum Gasteiger partial charge on any atom is -0.444 e. The van der Waals surface area contributed by atoms with E-state index in [1.807, 2.05) is 45.0 Å². The SMILES string of the molecule is [2H]C([2H])([2H])N1C(=O)c2cccc(C#CC)c2[C@H]2C[C@@H]1c1nc3ccc(-c4cnc(N5CCC[C@@H]5CNC(=O)OC(C)(C)C)nc4)cc3n12. The van der Waals surface area contributed by atoms with Gasteiger partial charge in [-0.25, -0.2) is 19.7 Å². The van der Waals surface area contributed by atoms with Crippen molar-refractivity contribution in [3.63, 3.8) is 0 Å². The van der Waals surface area contributed by atoms with Crippen molar-refractivity contribution in [3.05, 3.63) is 71.3 Å². The van der Waals surface area contributed by atoms with Gasteiger partial charge in [-0.15, -0.1) is 5.92 Å². The van der Waals surface area contributed by atoms with Crippen LogP contribution in [-0.2, 0) is 4.74 Å². The van der Waals surface area contributed by atoms with Crippen molar-refractivity contribution in [1.29, 1.82) is 0 Å². The van der Waals surface area contributed by atoms with Gasteiger partial charge in [-0.05, 0) is 70.4 Å². The largest absolute Gasteiger partial charge is 0.444 e. The minimum atomic E-state index is -2.65. The number of alkyl carbamates (subject to hydrolysis) is 1. The second-order valence-electron chi connectivity index (χ2n) is 12.8. The number of carbonyl (C=O) groups is 2. The molecule has 3 atom stereocenters. The van der Waals surface area contributed by atoms with Crippen LogP contribution in [0, 0.1) is 11.8 Å². The number of carbonyl (C=O) groups excluding carboxylic acids is 2. The zero-order valence-corrected chi connectivity index (χ0v) is 25.8. The van der Waals surface area contributed by atoms with Crippen molar-refractivity contribution in [2.75, 3.05) is 25.0 Å². The van der Waals surface area contributed by atoms with Gasteiger partial charge < -0.3 is 24.4 Å². The third-order valence-electron chi connectivity index (χ3n) is 8.72.